The maximum atomic E-state index is 11.7. The van der Waals surface area contributed by atoms with E-state index in [1.54, 1.807) is 19.1 Å². The van der Waals surface area contributed by atoms with Crippen LogP contribution in [0.3, 0.4) is 0 Å². The molecule has 98 valence electrons. The lowest BCUT2D eigenvalue weighted by molar-refractivity contribution is -0.117. The van der Waals surface area contributed by atoms with Crippen molar-refractivity contribution in [1.29, 1.82) is 0 Å². The fourth-order valence-corrected chi connectivity index (χ4v) is 1.51. The third-order valence-corrected chi connectivity index (χ3v) is 2.55. The first-order valence-corrected chi connectivity index (χ1v) is 5.65. The molecule has 0 aliphatic rings. The van der Waals surface area contributed by atoms with Gasteiger partial charge in [0.1, 0.15) is 0 Å². The minimum absolute atomic E-state index is 0.0801. The van der Waals surface area contributed by atoms with Gasteiger partial charge >= 0.3 is 0 Å². The molecule has 1 unspecified atom stereocenters. The predicted octanol–water partition coefficient (Wildman–Crippen LogP) is 0.950. The monoisotopic (exact) mass is 250 g/mol. The molecule has 5 nitrogen and oxygen atoms in total. The van der Waals surface area contributed by atoms with Crippen molar-refractivity contribution < 1.29 is 15.0 Å². The quantitative estimate of drug-likeness (QED) is 0.353. The Morgan fingerprint density at radius 2 is 2.00 bits per heavy atom. The predicted molar refractivity (Wildman–Crippen MR) is 69.8 cm³/mol. The molecule has 0 spiro atoms. The first-order chi connectivity index (χ1) is 8.40. The maximum absolute atomic E-state index is 11.7. The average Bonchev–Trinajstić information content (AvgIpc) is 2.29. The van der Waals surface area contributed by atoms with E-state index in [1.807, 2.05) is 0 Å². The summed E-state index contributed by atoms with van der Waals surface area (Å²) in [7, 11) is 0. The number of ketones is 1. The molecule has 0 bridgehead atoms. The van der Waals surface area contributed by atoms with E-state index in [0.29, 0.717) is 12.0 Å². The lowest BCUT2D eigenvalue weighted by Gasteiger charge is -2.10. The van der Waals surface area contributed by atoms with Crippen molar-refractivity contribution in [3.05, 3.63) is 29.8 Å². The van der Waals surface area contributed by atoms with Crippen molar-refractivity contribution in [2.24, 2.45) is 17.4 Å². The molecule has 0 aliphatic heterocycles. The molecule has 6 N–H and O–H groups in total. The number of carbonyl (C=O) groups is 1. The van der Waals surface area contributed by atoms with Gasteiger partial charge in [-0.2, -0.15) is 0 Å². The number of aromatic hydroxyl groups is 2. The summed E-state index contributed by atoms with van der Waals surface area (Å²) in [6.07, 6.45) is 2.90. The highest BCUT2D eigenvalue weighted by atomic mass is 16.3. The molecule has 5 heteroatoms. The minimum atomic E-state index is -0.505. The minimum Gasteiger partial charge on any atom is -0.504 e. The lowest BCUT2D eigenvalue weighted by atomic mass is 10.00. The normalized spacial score (nSPS) is 13.1. The summed E-state index contributed by atoms with van der Waals surface area (Å²) in [5.41, 5.74) is 11.5. The van der Waals surface area contributed by atoms with Crippen molar-refractivity contribution in [2.75, 3.05) is 0 Å². The van der Waals surface area contributed by atoms with Gasteiger partial charge in [-0.15, -0.1) is 0 Å². The second-order valence-electron chi connectivity index (χ2n) is 4.28. The Labute approximate surface area is 106 Å². The fraction of sp³-hybridized carbons (Fsp3) is 0.308. The molecule has 0 radical (unpaired) electrons. The fourth-order valence-electron chi connectivity index (χ4n) is 1.51. The third kappa shape index (κ3) is 4.20. The van der Waals surface area contributed by atoms with Crippen molar-refractivity contribution in [1.82, 2.24) is 0 Å². The van der Waals surface area contributed by atoms with Gasteiger partial charge in [0.2, 0.25) is 0 Å². The molecule has 0 heterocycles. The highest BCUT2D eigenvalue weighted by molar-refractivity contribution is 5.95. The number of benzene rings is 1. The maximum Gasteiger partial charge on any atom is 0.158 e. The van der Waals surface area contributed by atoms with Gasteiger partial charge in [-0.25, -0.2) is 0 Å². The Hall–Kier alpha value is -1.85. The van der Waals surface area contributed by atoms with Crippen LogP contribution in [0.15, 0.2) is 24.3 Å². The average molecular weight is 250 g/mol. The number of phenolic OH excluding ortho intramolecular Hbond substituents is 2. The number of allylic oxidation sites excluding steroid dienone is 1. The molecule has 1 aromatic rings. The van der Waals surface area contributed by atoms with E-state index < -0.39 is 6.17 Å². The molecule has 0 aliphatic carbocycles. The standard InChI is InChI=1S/C13H18N2O3/c1-8(6-13(14)15)10(16)4-2-9-3-5-11(17)12(18)7-9/h2-5,7-8,13,17-18H,6,14-15H2,1H3/b4-2+. The van der Waals surface area contributed by atoms with Gasteiger partial charge in [0, 0.05) is 5.92 Å². The van der Waals surface area contributed by atoms with Crippen molar-refractivity contribution in [2.45, 2.75) is 19.5 Å². The summed E-state index contributed by atoms with van der Waals surface area (Å²) in [5.74, 6) is -0.738. The van der Waals surface area contributed by atoms with Gasteiger partial charge in [-0.3, -0.25) is 4.79 Å². The second-order valence-corrected chi connectivity index (χ2v) is 4.28. The highest BCUT2D eigenvalue weighted by Gasteiger charge is 2.11. The number of rotatable bonds is 5. The number of carbonyl (C=O) groups excluding carboxylic acids is 1. The first kappa shape index (κ1) is 14.2. The zero-order valence-corrected chi connectivity index (χ0v) is 10.2. The van der Waals surface area contributed by atoms with Crippen molar-refractivity contribution >= 4 is 11.9 Å². The van der Waals surface area contributed by atoms with Crippen LogP contribution in [0.2, 0.25) is 0 Å². The van der Waals surface area contributed by atoms with Gasteiger partial charge in [0.05, 0.1) is 6.17 Å². The molecule has 0 fully saturated rings. The first-order valence-electron chi connectivity index (χ1n) is 5.65. The number of nitrogens with two attached hydrogens (primary N) is 2. The Balaban J connectivity index is 2.68. The zero-order valence-electron chi connectivity index (χ0n) is 10.2. The van der Waals surface area contributed by atoms with Crippen LogP contribution >= 0.6 is 0 Å². The van der Waals surface area contributed by atoms with E-state index in [9.17, 15) is 9.90 Å². The SMILES string of the molecule is CC(CC(N)N)C(=O)/C=C/c1ccc(O)c(O)c1. The summed E-state index contributed by atoms with van der Waals surface area (Å²) < 4.78 is 0. The van der Waals surface area contributed by atoms with Crippen LogP contribution in [-0.2, 0) is 4.79 Å². The zero-order chi connectivity index (χ0) is 13.7. The van der Waals surface area contributed by atoms with Crippen LogP contribution < -0.4 is 11.5 Å². The summed E-state index contributed by atoms with van der Waals surface area (Å²) in [5, 5.41) is 18.4. The summed E-state index contributed by atoms with van der Waals surface area (Å²) in [6, 6.07) is 4.33. The number of phenols is 2. The summed E-state index contributed by atoms with van der Waals surface area (Å²) in [6.45, 7) is 1.76. The Kier molecular flexibility index (Phi) is 4.88. The molecule has 0 amide bonds. The molecule has 0 aromatic heterocycles. The van der Waals surface area contributed by atoms with E-state index in [0.717, 1.165) is 0 Å². The molecular formula is C13H18N2O3. The molecule has 18 heavy (non-hydrogen) atoms. The molecule has 0 saturated carbocycles. The lowest BCUT2D eigenvalue weighted by Crippen LogP contribution is -2.33. The van der Waals surface area contributed by atoms with Gasteiger partial charge < -0.3 is 21.7 Å². The van der Waals surface area contributed by atoms with Crippen LogP contribution in [-0.4, -0.2) is 22.2 Å². The Bertz CT molecular complexity index is 456. The van der Waals surface area contributed by atoms with Crippen molar-refractivity contribution in [3.8, 4) is 11.5 Å². The van der Waals surface area contributed by atoms with Gasteiger partial charge in [-0.05, 0) is 30.2 Å². The van der Waals surface area contributed by atoms with E-state index in [1.165, 1.54) is 18.2 Å². The van der Waals surface area contributed by atoms with Crippen molar-refractivity contribution in [3.63, 3.8) is 0 Å². The van der Waals surface area contributed by atoms with Crippen LogP contribution in [0.25, 0.3) is 6.08 Å². The highest BCUT2D eigenvalue weighted by Crippen LogP contribution is 2.25. The molecular weight excluding hydrogens is 232 g/mol. The van der Waals surface area contributed by atoms with E-state index in [-0.39, 0.29) is 23.2 Å². The smallest absolute Gasteiger partial charge is 0.158 e. The van der Waals surface area contributed by atoms with Crippen LogP contribution in [0.5, 0.6) is 11.5 Å². The summed E-state index contributed by atoms with van der Waals surface area (Å²) in [4.78, 5) is 11.7. The summed E-state index contributed by atoms with van der Waals surface area (Å²) >= 11 is 0. The van der Waals surface area contributed by atoms with E-state index in [4.69, 9.17) is 16.6 Å². The third-order valence-electron chi connectivity index (χ3n) is 2.55. The topological polar surface area (TPSA) is 110 Å². The number of hydrogen-bond donors (Lipinski definition) is 4. The molecule has 1 rings (SSSR count). The molecule has 0 saturated heterocycles. The largest absolute Gasteiger partial charge is 0.504 e. The second kappa shape index (κ2) is 6.18. The van der Waals surface area contributed by atoms with Gasteiger partial charge in [0.15, 0.2) is 17.3 Å². The van der Waals surface area contributed by atoms with Crippen LogP contribution in [0.1, 0.15) is 18.9 Å². The Morgan fingerprint density at radius 3 is 2.56 bits per heavy atom. The molecule has 1 aromatic carbocycles. The van der Waals surface area contributed by atoms with E-state index in [2.05, 4.69) is 0 Å². The van der Waals surface area contributed by atoms with Gasteiger partial charge in [0.25, 0.3) is 0 Å². The van der Waals surface area contributed by atoms with Crippen LogP contribution in [0.4, 0.5) is 0 Å². The van der Waals surface area contributed by atoms with E-state index >= 15 is 0 Å². The van der Waals surface area contributed by atoms with Crippen LogP contribution in [0, 0.1) is 5.92 Å². The van der Waals surface area contributed by atoms with Gasteiger partial charge in [-0.1, -0.05) is 19.1 Å². The number of hydrogen-bond acceptors (Lipinski definition) is 5. The molecule has 1 atom stereocenters. The Morgan fingerprint density at radius 1 is 1.33 bits per heavy atom.